The van der Waals surface area contributed by atoms with Gasteiger partial charge in [-0.25, -0.2) is 4.98 Å². The van der Waals surface area contributed by atoms with Gasteiger partial charge in [0.15, 0.2) is 0 Å². The van der Waals surface area contributed by atoms with Gasteiger partial charge in [-0.3, -0.25) is 14.6 Å². The van der Waals surface area contributed by atoms with Gasteiger partial charge in [0.1, 0.15) is 11.5 Å². The molecule has 6 nitrogen and oxygen atoms in total. The molecule has 1 amide bonds. The number of piperidine rings is 1. The van der Waals surface area contributed by atoms with E-state index in [1.165, 1.54) is 24.2 Å². The van der Waals surface area contributed by atoms with Crippen LogP contribution in [0.4, 0.5) is 26.3 Å². The molecule has 2 fully saturated rings. The van der Waals surface area contributed by atoms with Crippen LogP contribution in [0.1, 0.15) is 55.3 Å². The second-order valence-corrected chi connectivity index (χ2v) is 9.67. The van der Waals surface area contributed by atoms with Crippen LogP contribution in [0.2, 0.25) is 0 Å². The van der Waals surface area contributed by atoms with Crippen molar-refractivity contribution in [1.29, 1.82) is 0 Å². The van der Waals surface area contributed by atoms with Crippen LogP contribution in [0.15, 0.2) is 6.20 Å². The molecule has 1 saturated carbocycles. The predicted octanol–water partition coefficient (Wildman–Crippen LogP) is 3.67. The molecule has 0 unspecified atom stereocenters. The first-order valence-electron chi connectivity index (χ1n) is 11.3. The Hall–Kier alpha value is -1.82. The number of carbonyl (C=O) groups excluding carboxylic acids is 1. The SMILES string of the molecule is CN(C(=O)c1cn2c(n1)CN(C1CCC1)CC2)C1(C)CCN(C(C(F)(F)F)C(F)(F)F)CC1. The molecule has 2 aliphatic heterocycles. The molecule has 0 radical (unpaired) electrons. The number of rotatable bonds is 4. The topological polar surface area (TPSA) is 44.6 Å². The highest BCUT2D eigenvalue weighted by molar-refractivity contribution is 5.92. The second kappa shape index (κ2) is 8.44. The molecule has 33 heavy (non-hydrogen) atoms. The van der Waals surface area contributed by atoms with Crippen LogP contribution >= 0.6 is 0 Å². The summed E-state index contributed by atoms with van der Waals surface area (Å²) in [5.41, 5.74) is -0.604. The Labute approximate surface area is 188 Å². The molecule has 12 heteroatoms. The number of imidazole rings is 1. The molecule has 3 heterocycles. The van der Waals surface area contributed by atoms with Crippen LogP contribution < -0.4 is 0 Å². The number of carbonyl (C=O) groups is 1. The molecule has 1 saturated heterocycles. The van der Waals surface area contributed by atoms with Gasteiger partial charge in [-0.2, -0.15) is 26.3 Å². The third-order valence-corrected chi connectivity index (χ3v) is 7.62. The first kappa shape index (κ1) is 24.3. The van der Waals surface area contributed by atoms with E-state index < -0.39 is 37.0 Å². The van der Waals surface area contributed by atoms with Crippen LogP contribution in [-0.4, -0.2) is 86.8 Å². The van der Waals surface area contributed by atoms with Gasteiger partial charge in [-0.15, -0.1) is 0 Å². The maximum Gasteiger partial charge on any atom is 0.412 e. The molecule has 0 aromatic carbocycles. The molecule has 0 spiro atoms. The molecule has 1 aromatic heterocycles. The lowest BCUT2D eigenvalue weighted by atomic mass is 9.87. The lowest BCUT2D eigenvalue weighted by molar-refractivity contribution is -0.290. The number of amides is 1. The van der Waals surface area contributed by atoms with Crippen molar-refractivity contribution in [1.82, 2.24) is 24.3 Å². The molecular weight excluding hydrogens is 452 g/mol. The molecule has 0 bridgehead atoms. The largest absolute Gasteiger partial charge is 0.412 e. The van der Waals surface area contributed by atoms with Gasteiger partial charge in [0.25, 0.3) is 5.91 Å². The Morgan fingerprint density at radius 1 is 1.09 bits per heavy atom. The van der Waals surface area contributed by atoms with Gasteiger partial charge in [0.05, 0.1) is 6.54 Å². The highest BCUT2D eigenvalue weighted by Gasteiger charge is 2.60. The zero-order valence-electron chi connectivity index (χ0n) is 18.7. The van der Waals surface area contributed by atoms with E-state index in [4.69, 9.17) is 0 Å². The number of likely N-dealkylation sites (tertiary alicyclic amines) is 1. The number of hydrogen-bond donors (Lipinski definition) is 0. The number of nitrogens with zero attached hydrogens (tertiary/aromatic N) is 5. The van der Waals surface area contributed by atoms with Crippen molar-refractivity contribution in [2.24, 2.45) is 0 Å². The molecule has 0 atom stereocenters. The van der Waals surface area contributed by atoms with Crippen molar-refractivity contribution >= 4 is 5.91 Å². The molecule has 4 rings (SSSR count). The lowest BCUT2D eigenvalue weighted by Gasteiger charge is -2.47. The minimum Gasteiger partial charge on any atom is -0.335 e. The summed E-state index contributed by atoms with van der Waals surface area (Å²) in [6, 6.07) is -2.92. The predicted molar refractivity (Wildman–Crippen MR) is 107 cm³/mol. The normalized spacial score (nSPS) is 22.8. The van der Waals surface area contributed by atoms with Gasteiger partial charge in [0, 0.05) is 51.0 Å². The summed E-state index contributed by atoms with van der Waals surface area (Å²) in [6.45, 7) is 3.18. The van der Waals surface area contributed by atoms with Crippen molar-refractivity contribution in [3.63, 3.8) is 0 Å². The van der Waals surface area contributed by atoms with E-state index >= 15 is 0 Å². The van der Waals surface area contributed by atoms with E-state index in [9.17, 15) is 31.1 Å². The Balaban J connectivity index is 1.42. The second-order valence-electron chi connectivity index (χ2n) is 9.67. The van der Waals surface area contributed by atoms with Crippen LogP contribution in [0, 0.1) is 0 Å². The number of fused-ring (bicyclic) bond motifs is 1. The van der Waals surface area contributed by atoms with Crippen molar-refractivity contribution in [2.45, 2.75) is 82.1 Å². The number of alkyl halides is 6. The van der Waals surface area contributed by atoms with Crippen molar-refractivity contribution in [2.75, 3.05) is 26.7 Å². The summed E-state index contributed by atoms with van der Waals surface area (Å²) in [6.07, 6.45) is -5.53. The Morgan fingerprint density at radius 2 is 1.70 bits per heavy atom. The van der Waals surface area contributed by atoms with Crippen LogP contribution in [0.25, 0.3) is 0 Å². The smallest absolute Gasteiger partial charge is 0.335 e. The Kier molecular flexibility index (Phi) is 6.22. The fourth-order valence-corrected chi connectivity index (χ4v) is 5.05. The van der Waals surface area contributed by atoms with E-state index in [0.717, 1.165) is 18.9 Å². The molecule has 1 aliphatic carbocycles. The van der Waals surface area contributed by atoms with Crippen molar-refractivity contribution in [3.8, 4) is 0 Å². The summed E-state index contributed by atoms with van der Waals surface area (Å²) < 4.78 is 80.4. The van der Waals surface area contributed by atoms with Crippen molar-refractivity contribution in [3.05, 3.63) is 17.7 Å². The van der Waals surface area contributed by atoms with Gasteiger partial charge in [0.2, 0.25) is 6.04 Å². The summed E-state index contributed by atoms with van der Waals surface area (Å²) in [7, 11) is 1.54. The summed E-state index contributed by atoms with van der Waals surface area (Å²) in [5.74, 6) is 0.439. The van der Waals surface area contributed by atoms with Crippen LogP contribution in [0.3, 0.4) is 0 Å². The van der Waals surface area contributed by atoms with Gasteiger partial charge >= 0.3 is 12.4 Å². The van der Waals surface area contributed by atoms with E-state index in [1.807, 2.05) is 4.57 Å². The fraction of sp³-hybridized carbons (Fsp3) is 0.810. The average molecular weight is 481 g/mol. The zero-order valence-corrected chi connectivity index (χ0v) is 18.7. The third kappa shape index (κ3) is 4.73. The highest BCUT2D eigenvalue weighted by atomic mass is 19.4. The number of halogens is 6. The standard InChI is InChI=1S/C21H29F6N5O/c1-19(6-8-30(9-7-19)18(20(22,23)24)21(25,26)27)29(2)17(33)15-12-32-11-10-31(13-16(32)28-15)14-4-3-5-14/h12,14,18H,3-11,13H2,1-2H3. The minimum atomic E-state index is -5.41. The first-order valence-corrected chi connectivity index (χ1v) is 11.3. The molecule has 3 aliphatic rings. The van der Waals surface area contributed by atoms with Gasteiger partial charge in [-0.1, -0.05) is 6.42 Å². The molecule has 0 N–H and O–H groups in total. The van der Waals surface area contributed by atoms with Gasteiger partial charge in [-0.05, 0) is 32.6 Å². The Morgan fingerprint density at radius 3 is 2.21 bits per heavy atom. The van der Waals surface area contributed by atoms with E-state index in [-0.39, 0.29) is 24.4 Å². The molecule has 186 valence electrons. The van der Waals surface area contributed by atoms with Crippen molar-refractivity contribution < 1.29 is 31.1 Å². The maximum atomic E-state index is 13.1. The average Bonchev–Trinajstić information content (AvgIpc) is 3.08. The monoisotopic (exact) mass is 481 g/mol. The van der Waals surface area contributed by atoms with E-state index in [1.54, 1.807) is 20.2 Å². The summed E-state index contributed by atoms with van der Waals surface area (Å²) >= 11 is 0. The third-order valence-electron chi connectivity index (χ3n) is 7.62. The van der Waals surface area contributed by atoms with Crippen LogP contribution in [-0.2, 0) is 13.1 Å². The number of hydrogen-bond acceptors (Lipinski definition) is 4. The first-order chi connectivity index (χ1) is 15.3. The van der Waals surface area contributed by atoms with E-state index in [2.05, 4.69) is 9.88 Å². The summed E-state index contributed by atoms with van der Waals surface area (Å²) in [5, 5.41) is 0. The maximum absolute atomic E-state index is 13.1. The highest BCUT2D eigenvalue weighted by Crippen LogP contribution is 2.40. The number of aromatic nitrogens is 2. The Bertz CT molecular complexity index is 855. The summed E-state index contributed by atoms with van der Waals surface area (Å²) in [4.78, 5) is 21.9. The fourth-order valence-electron chi connectivity index (χ4n) is 5.05. The lowest BCUT2D eigenvalue weighted by Crippen LogP contribution is -2.61. The van der Waals surface area contributed by atoms with Crippen LogP contribution in [0.5, 0.6) is 0 Å². The minimum absolute atomic E-state index is 0.000916. The zero-order chi connectivity index (χ0) is 24.2. The molecular formula is C21H29F6N5O. The quantitative estimate of drug-likeness (QED) is 0.616. The van der Waals surface area contributed by atoms with Gasteiger partial charge < -0.3 is 9.47 Å². The van der Waals surface area contributed by atoms with E-state index in [0.29, 0.717) is 17.5 Å². The molecule has 1 aromatic rings.